The molecular weight excluding hydrogens is 352 g/mol. The predicted molar refractivity (Wildman–Crippen MR) is 100 cm³/mol. The summed E-state index contributed by atoms with van der Waals surface area (Å²) in [6.45, 7) is 6.86. The summed E-state index contributed by atoms with van der Waals surface area (Å²) in [6.07, 6.45) is 2.00. The van der Waals surface area contributed by atoms with E-state index in [0.29, 0.717) is 31.1 Å². The molecule has 2 aliphatic rings. The number of carbonyl (C=O) groups excluding carboxylic acids is 1. The molecule has 2 N–H and O–H groups in total. The van der Waals surface area contributed by atoms with Crippen molar-refractivity contribution >= 4 is 15.9 Å². The Kier molecular flexibility index (Phi) is 6.29. The molecule has 1 unspecified atom stereocenters. The third kappa shape index (κ3) is 4.82. The van der Waals surface area contributed by atoms with Gasteiger partial charge in [-0.2, -0.15) is 0 Å². The molecule has 0 bridgehead atoms. The molecule has 0 saturated carbocycles. The number of sulfonamides is 1. The molecular formula is C18H28N4O3S. The first kappa shape index (κ1) is 19.3. The first-order valence-electron chi connectivity index (χ1n) is 9.26. The topological polar surface area (TPSA) is 81.8 Å². The van der Waals surface area contributed by atoms with E-state index in [2.05, 4.69) is 14.9 Å². The Hall–Kier alpha value is -1.48. The summed E-state index contributed by atoms with van der Waals surface area (Å²) >= 11 is 0. The van der Waals surface area contributed by atoms with E-state index in [9.17, 15) is 13.2 Å². The van der Waals surface area contributed by atoms with Crippen LogP contribution in [-0.2, 0) is 14.8 Å². The SMILES string of the molecule is Cc1ccc(S(=O)(=O)NCCN2CCN(C(=O)C3CCCN3)CC2)cc1. The second-order valence-electron chi connectivity index (χ2n) is 7.03. The summed E-state index contributed by atoms with van der Waals surface area (Å²) in [7, 11) is -3.46. The number of carbonyl (C=O) groups is 1. The van der Waals surface area contributed by atoms with E-state index in [4.69, 9.17) is 0 Å². The molecule has 144 valence electrons. The number of amides is 1. The summed E-state index contributed by atoms with van der Waals surface area (Å²) in [5, 5.41) is 3.25. The highest BCUT2D eigenvalue weighted by atomic mass is 32.2. The fourth-order valence-corrected chi connectivity index (χ4v) is 4.47. The summed E-state index contributed by atoms with van der Waals surface area (Å²) in [4.78, 5) is 16.8. The molecule has 0 aromatic heterocycles. The van der Waals surface area contributed by atoms with Gasteiger partial charge in [-0.1, -0.05) is 17.7 Å². The van der Waals surface area contributed by atoms with Gasteiger partial charge in [-0.25, -0.2) is 13.1 Å². The minimum absolute atomic E-state index is 0.0112. The van der Waals surface area contributed by atoms with Crippen molar-refractivity contribution in [3.05, 3.63) is 29.8 Å². The van der Waals surface area contributed by atoms with Gasteiger partial charge in [-0.15, -0.1) is 0 Å². The van der Waals surface area contributed by atoms with Crippen LogP contribution >= 0.6 is 0 Å². The van der Waals surface area contributed by atoms with Gasteiger partial charge >= 0.3 is 0 Å². The summed E-state index contributed by atoms with van der Waals surface area (Å²) in [5.41, 5.74) is 1.03. The maximum atomic E-state index is 12.4. The van der Waals surface area contributed by atoms with Crippen molar-refractivity contribution in [1.82, 2.24) is 19.8 Å². The Bertz CT molecular complexity index is 706. The van der Waals surface area contributed by atoms with Gasteiger partial charge in [0.15, 0.2) is 0 Å². The molecule has 1 aromatic rings. The molecule has 1 atom stereocenters. The van der Waals surface area contributed by atoms with Crippen LogP contribution in [-0.4, -0.2) is 76.0 Å². The molecule has 2 fully saturated rings. The average molecular weight is 381 g/mol. The summed E-state index contributed by atoms with van der Waals surface area (Å²) in [6, 6.07) is 6.83. The zero-order valence-electron chi connectivity index (χ0n) is 15.3. The zero-order chi connectivity index (χ0) is 18.6. The largest absolute Gasteiger partial charge is 0.339 e. The van der Waals surface area contributed by atoms with Crippen LogP contribution < -0.4 is 10.0 Å². The van der Waals surface area contributed by atoms with E-state index in [-0.39, 0.29) is 11.9 Å². The number of aryl methyl sites for hydroxylation is 1. The lowest BCUT2D eigenvalue weighted by molar-refractivity contribution is -0.134. The van der Waals surface area contributed by atoms with Crippen molar-refractivity contribution in [3.63, 3.8) is 0 Å². The van der Waals surface area contributed by atoms with Crippen LogP contribution in [0.2, 0.25) is 0 Å². The van der Waals surface area contributed by atoms with E-state index >= 15 is 0 Å². The maximum absolute atomic E-state index is 12.4. The minimum atomic E-state index is -3.46. The van der Waals surface area contributed by atoms with Gasteiger partial charge in [0.25, 0.3) is 0 Å². The van der Waals surface area contributed by atoms with Gasteiger partial charge in [0.1, 0.15) is 0 Å². The van der Waals surface area contributed by atoms with E-state index in [0.717, 1.165) is 38.0 Å². The van der Waals surface area contributed by atoms with Crippen molar-refractivity contribution in [3.8, 4) is 0 Å². The molecule has 7 nitrogen and oxygen atoms in total. The van der Waals surface area contributed by atoms with Crippen molar-refractivity contribution in [2.75, 3.05) is 45.8 Å². The molecule has 1 aromatic carbocycles. The van der Waals surface area contributed by atoms with Crippen LogP contribution in [0.5, 0.6) is 0 Å². The van der Waals surface area contributed by atoms with Crippen LogP contribution in [0.1, 0.15) is 18.4 Å². The highest BCUT2D eigenvalue weighted by Crippen LogP contribution is 2.12. The molecule has 1 amide bonds. The van der Waals surface area contributed by atoms with Crippen LogP contribution in [0.15, 0.2) is 29.2 Å². The van der Waals surface area contributed by atoms with E-state index in [1.807, 2.05) is 11.8 Å². The Morgan fingerprint density at radius 3 is 2.50 bits per heavy atom. The Labute approximate surface area is 155 Å². The highest BCUT2D eigenvalue weighted by molar-refractivity contribution is 7.89. The average Bonchev–Trinajstić information content (AvgIpc) is 3.17. The molecule has 0 aliphatic carbocycles. The van der Waals surface area contributed by atoms with E-state index < -0.39 is 10.0 Å². The first-order chi connectivity index (χ1) is 12.5. The van der Waals surface area contributed by atoms with Gasteiger partial charge in [-0.3, -0.25) is 9.69 Å². The molecule has 26 heavy (non-hydrogen) atoms. The lowest BCUT2D eigenvalue weighted by Gasteiger charge is -2.35. The summed E-state index contributed by atoms with van der Waals surface area (Å²) < 4.78 is 27.2. The molecule has 2 heterocycles. The molecule has 8 heteroatoms. The van der Waals surface area contributed by atoms with E-state index in [1.165, 1.54) is 0 Å². The normalized spacial score (nSPS) is 21.9. The van der Waals surface area contributed by atoms with Crippen molar-refractivity contribution in [1.29, 1.82) is 0 Å². The molecule has 2 saturated heterocycles. The van der Waals surface area contributed by atoms with Crippen LogP contribution in [0.4, 0.5) is 0 Å². The predicted octanol–water partition coefficient (Wildman–Crippen LogP) is 0.170. The number of hydrogen-bond acceptors (Lipinski definition) is 5. The fourth-order valence-electron chi connectivity index (χ4n) is 3.45. The maximum Gasteiger partial charge on any atom is 0.240 e. The van der Waals surface area contributed by atoms with E-state index in [1.54, 1.807) is 24.3 Å². The Morgan fingerprint density at radius 1 is 1.19 bits per heavy atom. The number of piperazine rings is 1. The summed E-state index contributed by atoms with van der Waals surface area (Å²) in [5.74, 6) is 0.210. The third-order valence-corrected chi connectivity index (χ3v) is 6.57. The Balaban J connectivity index is 1.41. The van der Waals surface area contributed by atoms with Gasteiger partial charge in [0.2, 0.25) is 15.9 Å². The fraction of sp³-hybridized carbons (Fsp3) is 0.611. The third-order valence-electron chi connectivity index (χ3n) is 5.09. The quantitative estimate of drug-likeness (QED) is 0.735. The number of nitrogens with one attached hydrogen (secondary N) is 2. The van der Waals surface area contributed by atoms with Gasteiger partial charge < -0.3 is 10.2 Å². The van der Waals surface area contributed by atoms with Gasteiger partial charge in [0, 0.05) is 39.3 Å². The van der Waals surface area contributed by atoms with Gasteiger partial charge in [0.05, 0.1) is 10.9 Å². The Morgan fingerprint density at radius 2 is 1.88 bits per heavy atom. The molecule has 0 radical (unpaired) electrons. The second kappa shape index (κ2) is 8.47. The second-order valence-corrected chi connectivity index (χ2v) is 8.79. The highest BCUT2D eigenvalue weighted by Gasteiger charge is 2.29. The number of nitrogens with zero attached hydrogens (tertiary/aromatic N) is 2. The number of hydrogen-bond donors (Lipinski definition) is 2. The van der Waals surface area contributed by atoms with Gasteiger partial charge in [-0.05, 0) is 38.4 Å². The van der Waals surface area contributed by atoms with Crippen LogP contribution in [0.3, 0.4) is 0 Å². The lowest BCUT2D eigenvalue weighted by atomic mass is 10.2. The van der Waals surface area contributed by atoms with Crippen LogP contribution in [0.25, 0.3) is 0 Å². The minimum Gasteiger partial charge on any atom is -0.339 e. The monoisotopic (exact) mass is 380 g/mol. The first-order valence-corrected chi connectivity index (χ1v) is 10.7. The number of rotatable bonds is 6. The molecule has 2 aliphatic heterocycles. The standard InChI is InChI=1S/C18H28N4O3S/c1-15-4-6-16(7-5-15)26(24,25)20-9-10-21-11-13-22(14-12-21)18(23)17-3-2-8-19-17/h4-7,17,19-20H,2-3,8-14H2,1H3. The lowest BCUT2D eigenvalue weighted by Crippen LogP contribution is -2.53. The zero-order valence-corrected chi connectivity index (χ0v) is 16.1. The van der Waals surface area contributed by atoms with Crippen molar-refractivity contribution in [2.45, 2.75) is 30.7 Å². The molecule has 0 spiro atoms. The number of benzene rings is 1. The van der Waals surface area contributed by atoms with Crippen molar-refractivity contribution < 1.29 is 13.2 Å². The molecule has 3 rings (SSSR count). The van der Waals surface area contributed by atoms with Crippen molar-refractivity contribution in [2.24, 2.45) is 0 Å². The smallest absolute Gasteiger partial charge is 0.240 e. The van der Waals surface area contributed by atoms with Crippen LogP contribution in [0, 0.1) is 6.92 Å².